The van der Waals surface area contributed by atoms with Crippen LogP contribution in [0.1, 0.15) is 48.9 Å². The Morgan fingerprint density at radius 1 is 1.13 bits per heavy atom. The highest BCUT2D eigenvalue weighted by molar-refractivity contribution is 6.39. The van der Waals surface area contributed by atoms with Gasteiger partial charge in [-0.1, -0.05) is 29.3 Å². The lowest BCUT2D eigenvalue weighted by molar-refractivity contribution is 0.0915. The van der Waals surface area contributed by atoms with Crippen molar-refractivity contribution in [1.82, 2.24) is 15.3 Å². The molecule has 0 saturated heterocycles. The van der Waals surface area contributed by atoms with E-state index in [1.165, 1.54) is 25.0 Å². The van der Waals surface area contributed by atoms with Crippen LogP contribution in [0, 0.1) is 11.2 Å². The molecule has 0 aliphatic heterocycles. The van der Waals surface area contributed by atoms with Gasteiger partial charge in [0, 0.05) is 12.1 Å². The Kier molecular flexibility index (Phi) is 4.86. The van der Waals surface area contributed by atoms with Crippen LogP contribution in [-0.4, -0.2) is 21.9 Å². The van der Waals surface area contributed by atoms with Crippen LogP contribution >= 0.6 is 23.2 Å². The number of para-hydroxylation sites is 1. The number of halogens is 3. The van der Waals surface area contributed by atoms with Gasteiger partial charge in [0.25, 0.3) is 5.91 Å². The Labute approximate surface area is 183 Å². The number of aromatic nitrogens is 2. The van der Waals surface area contributed by atoms with E-state index in [9.17, 15) is 9.18 Å². The summed E-state index contributed by atoms with van der Waals surface area (Å²) in [5.41, 5.74) is 2.01. The van der Waals surface area contributed by atoms with Gasteiger partial charge >= 0.3 is 0 Å². The van der Waals surface area contributed by atoms with E-state index in [0.29, 0.717) is 38.1 Å². The summed E-state index contributed by atoms with van der Waals surface area (Å²) in [4.78, 5) is 20.1. The number of imidazole rings is 1. The number of hydrogen-bond acceptors (Lipinski definition) is 3. The summed E-state index contributed by atoms with van der Waals surface area (Å²) >= 11 is 12.4. The normalized spacial score (nSPS) is 18.0. The van der Waals surface area contributed by atoms with E-state index in [-0.39, 0.29) is 11.6 Å². The zero-order valence-electron chi connectivity index (χ0n) is 16.2. The number of amides is 1. The first-order chi connectivity index (χ1) is 14.4. The van der Waals surface area contributed by atoms with Crippen LogP contribution < -0.4 is 10.6 Å². The van der Waals surface area contributed by atoms with Gasteiger partial charge in [0.2, 0.25) is 5.95 Å². The third kappa shape index (κ3) is 3.74. The maximum atomic E-state index is 14.7. The Balaban J connectivity index is 1.35. The Morgan fingerprint density at radius 3 is 2.50 bits per heavy atom. The average molecular weight is 447 g/mol. The molecule has 1 spiro atoms. The van der Waals surface area contributed by atoms with Gasteiger partial charge < -0.3 is 15.6 Å². The number of nitrogens with one attached hydrogen (secondary N) is 3. The Hall–Kier alpha value is -2.31. The van der Waals surface area contributed by atoms with Gasteiger partial charge in [0.15, 0.2) is 0 Å². The number of H-pyrrole nitrogens is 1. The topological polar surface area (TPSA) is 69.8 Å². The molecular weight excluding hydrogens is 426 g/mol. The van der Waals surface area contributed by atoms with E-state index in [1.54, 1.807) is 18.2 Å². The van der Waals surface area contributed by atoms with Crippen molar-refractivity contribution in [3.63, 3.8) is 0 Å². The van der Waals surface area contributed by atoms with Gasteiger partial charge in [-0.2, -0.15) is 0 Å². The SMILES string of the molecule is O=C(NC1CCC2(CC1)CC2)c1cc2nc(Nc3c(Cl)cccc3Cl)[nH]c2cc1F. The van der Waals surface area contributed by atoms with Gasteiger partial charge in [0.1, 0.15) is 5.82 Å². The minimum atomic E-state index is -0.583. The van der Waals surface area contributed by atoms with Crippen molar-refractivity contribution in [3.05, 3.63) is 51.8 Å². The van der Waals surface area contributed by atoms with Crippen LogP contribution in [-0.2, 0) is 0 Å². The largest absolute Gasteiger partial charge is 0.349 e. The number of benzene rings is 2. The number of carbonyl (C=O) groups excluding carboxylic acids is 1. The number of nitrogens with zero attached hydrogens (tertiary/aromatic N) is 1. The average Bonchev–Trinajstić information content (AvgIpc) is 3.35. The van der Waals surface area contributed by atoms with Gasteiger partial charge in [-0.05, 0) is 62.1 Å². The summed E-state index contributed by atoms with van der Waals surface area (Å²) < 4.78 is 14.7. The number of fused-ring (bicyclic) bond motifs is 1. The summed E-state index contributed by atoms with van der Waals surface area (Å²) in [6.07, 6.45) is 6.86. The molecule has 5 nitrogen and oxygen atoms in total. The molecule has 1 heterocycles. The van der Waals surface area contributed by atoms with E-state index in [2.05, 4.69) is 20.6 Å². The fourth-order valence-corrected chi connectivity index (χ4v) is 4.81. The lowest BCUT2D eigenvalue weighted by Crippen LogP contribution is -2.38. The van der Waals surface area contributed by atoms with Gasteiger partial charge in [0.05, 0.1) is 32.3 Å². The van der Waals surface area contributed by atoms with Crippen molar-refractivity contribution in [2.75, 3.05) is 5.32 Å². The summed E-state index contributed by atoms with van der Waals surface area (Å²) in [7, 11) is 0. The highest BCUT2D eigenvalue weighted by Gasteiger charge is 2.44. The van der Waals surface area contributed by atoms with Crippen LogP contribution in [0.15, 0.2) is 30.3 Å². The molecule has 3 aromatic rings. The molecule has 0 atom stereocenters. The monoisotopic (exact) mass is 446 g/mol. The summed E-state index contributed by atoms with van der Waals surface area (Å²) in [5, 5.41) is 6.90. The minimum Gasteiger partial charge on any atom is -0.349 e. The summed E-state index contributed by atoms with van der Waals surface area (Å²) in [6, 6.07) is 8.02. The zero-order valence-corrected chi connectivity index (χ0v) is 17.7. The number of hydrogen-bond donors (Lipinski definition) is 3. The second-order valence-electron chi connectivity index (χ2n) is 8.40. The minimum absolute atomic E-state index is 0.00281. The van der Waals surface area contributed by atoms with Crippen molar-refractivity contribution in [2.24, 2.45) is 5.41 Å². The molecular formula is C22H21Cl2FN4O. The smallest absolute Gasteiger partial charge is 0.254 e. The molecule has 2 aromatic carbocycles. The molecule has 2 aliphatic rings. The predicted octanol–water partition coefficient (Wildman–Crippen LogP) is 6.21. The Morgan fingerprint density at radius 2 is 1.83 bits per heavy atom. The predicted molar refractivity (Wildman–Crippen MR) is 117 cm³/mol. The summed E-state index contributed by atoms with van der Waals surface area (Å²) in [5.74, 6) is -0.614. The maximum absolute atomic E-state index is 14.7. The van der Waals surface area contributed by atoms with Gasteiger partial charge in [-0.25, -0.2) is 9.37 Å². The molecule has 3 N–H and O–H groups in total. The third-order valence-corrected chi connectivity index (χ3v) is 6.99. The first-order valence-corrected chi connectivity index (χ1v) is 10.9. The number of anilines is 2. The lowest BCUT2D eigenvalue weighted by Gasteiger charge is -2.29. The van der Waals surface area contributed by atoms with Crippen molar-refractivity contribution < 1.29 is 9.18 Å². The molecule has 0 unspecified atom stereocenters. The molecule has 8 heteroatoms. The molecule has 2 fully saturated rings. The van der Waals surface area contributed by atoms with E-state index in [0.717, 1.165) is 25.7 Å². The fourth-order valence-electron chi connectivity index (χ4n) is 4.31. The lowest BCUT2D eigenvalue weighted by atomic mass is 9.83. The molecule has 1 aromatic heterocycles. The standard InChI is InChI=1S/C22H21Cl2FN4O/c23-14-2-1-3-15(24)19(14)29-21-27-17-10-13(16(25)11-18(17)28-21)20(30)26-12-4-6-22(7-5-12)8-9-22/h1-3,10-12H,4-9H2,(H,26,30)(H2,27,28,29). The van der Waals surface area contributed by atoms with Crippen molar-refractivity contribution in [3.8, 4) is 0 Å². The zero-order chi connectivity index (χ0) is 20.9. The van der Waals surface area contributed by atoms with E-state index in [1.807, 2.05) is 0 Å². The molecule has 156 valence electrons. The van der Waals surface area contributed by atoms with Crippen LogP contribution in [0.3, 0.4) is 0 Å². The molecule has 1 amide bonds. The van der Waals surface area contributed by atoms with Crippen molar-refractivity contribution in [2.45, 2.75) is 44.6 Å². The highest BCUT2D eigenvalue weighted by Crippen LogP contribution is 2.56. The molecule has 2 aliphatic carbocycles. The number of rotatable bonds is 4. The molecule has 5 rings (SSSR count). The quantitative estimate of drug-likeness (QED) is 0.446. The van der Waals surface area contributed by atoms with Crippen LogP contribution in [0.25, 0.3) is 11.0 Å². The fraction of sp³-hybridized carbons (Fsp3) is 0.364. The van der Waals surface area contributed by atoms with E-state index >= 15 is 0 Å². The van der Waals surface area contributed by atoms with Crippen LogP contribution in [0.2, 0.25) is 10.0 Å². The number of aromatic amines is 1. The van der Waals surface area contributed by atoms with E-state index < -0.39 is 11.7 Å². The van der Waals surface area contributed by atoms with Gasteiger partial charge in [-0.3, -0.25) is 4.79 Å². The summed E-state index contributed by atoms with van der Waals surface area (Å²) in [6.45, 7) is 0. The highest BCUT2D eigenvalue weighted by atomic mass is 35.5. The van der Waals surface area contributed by atoms with Gasteiger partial charge in [-0.15, -0.1) is 0 Å². The first kappa shape index (κ1) is 19.6. The molecule has 0 bridgehead atoms. The maximum Gasteiger partial charge on any atom is 0.254 e. The first-order valence-electron chi connectivity index (χ1n) is 10.1. The molecule has 0 radical (unpaired) electrons. The van der Waals surface area contributed by atoms with E-state index in [4.69, 9.17) is 23.2 Å². The Bertz CT molecular complexity index is 1110. The second-order valence-corrected chi connectivity index (χ2v) is 9.22. The number of carbonyl (C=O) groups is 1. The second kappa shape index (κ2) is 7.43. The van der Waals surface area contributed by atoms with Crippen LogP contribution in [0.5, 0.6) is 0 Å². The van der Waals surface area contributed by atoms with Crippen molar-refractivity contribution in [1.29, 1.82) is 0 Å². The third-order valence-electron chi connectivity index (χ3n) is 6.36. The molecule has 30 heavy (non-hydrogen) atoms. The van der Waals surface area contributed by atoms with Crippen LogP contribution in [0.4, 0.5) is 16.0 Å². The van der Waals surface area contributed by atoms with Crippen molar-refractivity contribution >= 4 is 51.8 Å². The molecule has 2 saturated carbocycles.